The molecule has 0 unspecified atom stereocenters. The average molecular weight is 344 g/mol. The molecule has 0 saturated carbocycles. The zero-order valence-electron chi connectivity index (χ0n) is 13.9. The zero-order chi connectivity index (χ0) is 17.8. The van der Waals surface area contributed by atoms with Crippen LogP contribution in [0.25, 0.3) is 0 Å². The van der Waals surface area contributed by atoms with E-state index in [1.165, 1.54) is 6.39 Å². The summed E-state index contributed by atoms with van der Waals surface area (Å²) in [6, 6.07) is 4.68. The summed E-state index contributed by atoms with van der Waals surface area (Å²) in [4.78, 5) is 34.2. The number of amides is 2. The summed E-state index contributed by atoms with van der Waals surface area (Å²) in [5, 5.41) is 13.1. The molecule has 0 bridgehead atoms. The molecular formula is C17H20N4O4. The van der Waals surface area contributed by atoms with Gasteiger partial charge in [-0.15, -0.1) is 0 Å². The fraction of sp³-hybridized carbons (Fsp3) is 0.412. The Morgan fingerprint density at radius 1 is 1.40 bits per heavy atom. The monoisotopic (exact) mass is 344 g/mol. The largest absolute Gasteiger partial charge is 0.448 e. The molecule has 1 fully saturated rings. The van der Waals surface area contributed by atoms with Crippen LogP contribution in [0.2, 0.25) is 0 Å². The van der Waals surface area contributed by atoms with E-state index < -0.39 is 12.1 Å². The third kappa shape index (κ3) is 3.69. The summed E-state index contributed by atoms with van der Waals surface area (Å²) in [6.45, 7) is 2.44. The summed E-state index contributed by atoms with van der Waals surface area (Å²) in [7, 11) is 0. The highest BCUT2D eigenvalue weighted by atomic mass is 16.3. The molecule has 2 aromatic heterocycles. The average Bonchev–Trinajstić information content (AvgIpc) is 3.12. The Kier molecular flexibility index (Phi) is 5.08. The highest BCUT2D eigenvalue weighted by molar-refractivity contribution is 5.94. The number of nitrogens with zero attached hydrogens (tertiary/aromatic N) is 3. The Balaban J connectivity index is 1.60. The van der Waals surface area contributed by atoms with E-state index in [2.05, 4.69) is 15.3 Å². The SMILES string of the molecule is CCc1ocnc1C(=O)N[C@@H]1CCN(C(=O)c2ccccn2)C[C@H]1O. The number of aliphatic hydroxyl groups is 1. The van der Waals surface area contributed by atoms with Crippen LogP contribution in [0.15, 0.2) is 35.2 Å². The van der Waals surface area contributed by atoms with E-state index in [0.717, 1.165) is 0 Å². The van der Waals surface area contributed by atoms with Gasteiger partial charge in [-0.2, -0.15) is 0 Å². The highest BCUT2D eigenvalue weighted by Gasteiger charge is 2.32. The lowest BCUT2D eigenvalue weighted by Crippen LogP contribution is -2.55. The normalized spacial score (nSPS) is 20.3. The van der Waals surface area contributed by atoms with Crippen LogP contribution in [0.4, 0.5) is 0 Å². The molecule has 25 heavy (non-hydrogen) atoms. The number of β-amino-alcohol motifs (C(OH)–C–C–N with tert-alkyl or cyclic N) is 1. The molecule has 2 aromatic rings. The molecule has 3 rings (SSSR count). The number of nitrogens with one attached hydrogen (secondary N) is 1. The first-order valence-corrected chi connectivity index (χ1v) is 8.21. The smallest absolute Gasteiger partial charge is 0.273 e. The molecular weight excluding hydrogens is 324 g/mol. The first-order valence-electron chi connectivity index (χ1n) is 8.21. The molecule has 0 radical (unpaired) electrons. The number of rotatable bonds is 4. The van der Waals surface area contributed by atoms with Crippen LogP contribution in [-0.4, -0.2) is 57.0 Å². The minimum absolute atomic E-state index is 0.139. The second kappa shape index (κ2) is 7.43. The minimum Gasteiger partial charge on any atom is -0.448 e. The van der Waals surface area contributed by atoms with Crippen molar-refractivity contribution in [3.05, 3.63) is 47.9 Å². The summed E-state index contributed by atoms with van der Waals surface area (Å²) < 4.78 is 5.15. The number of aromatic nitrogens is 2. The van der Waals surface area contributed by atoms with Gasteiger partial charge in [0, 0.05) is 25.7 Å². The summed E-state index contributed by atoms with van der Waals surface area (Å²) >= 11 is 0. The van der Waals surface area contributed by atoms with Crippen molar-refractivity contribution in [1.29, 1.82) is 0 Å². The van der Waals surface area contributed by atoms with Crippen LogP contribution < -0.4 is 5.32 Å². The second-order valence-corrected chi connectivity index (χ2v) is 5.88. The standard InChI is InChI=1S/C17H20N4O4/c1-2-14-15(19-10-25-14)16(23)20-11-6-8-21(9-13(11)22)17(24)12-5-3-4-7-18-12/h3-5,7,10-11,13,22H,2,6,8-9H2,1H3,(H,20,23)/t11-,13-/m1/s1. The Morgan fingerprint density at radius 2 is 2.24 bits per heavy atom. The molecule has 8 nitrogen and oxygen atoms in total. The fourth-order valence-electron chi connectivity index (χ4n) is 2.88. The topological polar surface area (TPSA) is 109 Å². The maximum Gasteiger partial charge on any atom is 0.273 e. The predicted octanol–water partition coefficient (Wildman–Crippen LogP) is 0.637. The number of pyridine rings is 1. The number of oxazole rings is 1. The molecule has 3 heterocycles. The van der Waals surface area contributed by atoms with Crippen molar-refractivity contribution in [3.63, 3.8) is 0 Å². The van der Waals surface area contributed by atoms with E-state index in [1.807, 2.05) is 6.92 Å². The highest BCUT2D eigenvalue weighted by Crippen LogP contribution is 2.15. The van der Waals surface area contributed by atoms with Crippen molar-refractivity contribution < 1.29 is 19.1 Å². The zero-order valence-corrected chi connectivity index (χ0v) is 13.9. The molecule has 1 aliphatic heterocycles. The molecule has 8 heteroatoms. The molecule has 1 aliphatic rings. The van der Waals surface area contributed by atoms with Crippen LogP contribution in [0.1, 0.15) is 40.1 Å². The Labute approximate surface area is 144 Å². The van der Waals surface area contributed by atoms with E-state index in [-0.39, 0.29) is 24.1 Å². The summed E-state index contributed by atoms with van der Waals surface area (Å²) in [5.41, 5.74) is 0.578. The van der Waals surface area contributed by atoms with Gasteiger partial charge in [-0.3, -0.25) is 14.6 Å². The molecule has 2 atom stereocenters. The second-order valence-electron chi connectivity index (χ2n) is 5.88. The van der Waals surface area contributed by atoms with Gasteiger partial charge in [-0.05, 0) is 18.6 Å². The first kappa shape index (κ1) is 17.1. The van der Waals surface area contributed by atoms with Crippen molar-refractivity contribution in [2.45, 2.75) is 31.9 Å². The molecule has 0 aromatic carbocycles. The first-order chi connectivity index (χ1) is 12.1. The van der Waals surface area contributed by atoms with E-state index >= 15 is 0 Å². The van der Waals surface area contributed by atoms with E-state index in [1.54, 1.807) is 29.3 Å². The number of hydrogen-bond donors (Lipinski definition) is 2. The molecule has 1 saturated heterocycles. The van der Waals surface area contributed by atoms with Crippen molar-refractivity contribution in [2.75, 3.05) is 13.1 Å². The minimum atomic E-state index is -0.859. The molecule has 0 aliphatic carbocycles. The van der Waals surface area contributed by atoms with Crippen molar-refractivity contribution in [2.24, 2.45) is 0 Å². The third-order valence-electron chi connectivity index (χ3n) is 4.25. The van der Waals surface area contributed by atoms with E-state index in [0.29, 0.717) is 30.8 Å². The maximum absolute atomic E-state index is 12.4. The van der Waals surface area contributed by atoms with Gasteiger partial charge in [0.2, 0.25) is 0 Å². The maximum atomic E-state index is 12.4. The lowest BCUT2D eigenvalue weighted by atomic mass is 10.0. The summed E-state index contributed by atoms with van der Waals surface area (Å²) in [6.07, 6.45) is 2.94. The van der Waals surface area contributed by atoms with Crippen LogP contribution in [0, 0.1) is 0 Å². The lowest BCUT2D eigenvalue weighted by Gasteiger charge is -2.36. The quantitative estimate of drug-likeness (QED) is 0.842. The predicted molar refractivity (Wildman–Crippen MR) is 87.9 cm³/mol. The molecule has 132 valence electrons. The van der Waals surface area contributed by atoms with Crippen LogP contribution in [0.3, 0.4) is 0 Å². The van der Waals surface area contributed by atoms with Gasteiger partial charge in [0.15, 0.2) is 12.1 Å². The van der Waals surface area contributed by atoms with Gasteiger partial charge in [0.1, 0.15) is 11.5 Å². The Bertz CT molecular complexity index is 746. The number of carbonyl (C=O) groups excluding carboxylic acids is 2. The van der Waals surface area contributed by atoms with Crippen LogP contribution >= 0.6 is 0 Å². The molecule has 0 spiro atoms. The number of aryl methyl sites for hydroxylation is 1. The van der Waals surface area contributed by atoms with Gasteiger partial charge in [-0.1, -0.05) is 13.0 Å². The summed E-state index contributed by atoms with van der Waals surface area (Å²) in [5.74, 6) is -0.0943. The lowest BCUT2D eigenvalue weighted by molar-refractivity contribution is 0.0310. The number of carbonyl (C=O) groups is 2. The van der Waals surface area contributed by atoms with Gasteiger partial charge in [0.25, 0.3) is 11.8 Å². The Hall–Kier alpha value is -2.74. The van der Waals surface area contributed by atoms with Crippen LogP contribution in [-0.2, 0) is 6.42 Å². The number of likely N-dealkylation sites (tertiary alicyclic amines) is 1. The van der Waals surface area contributed by atoms with Gasteiger partial charge >= 0.3 is 0 Å². The number of hydrogen-bond acceptors (Lipinski definition) is 6. The van der Waals surface area contributed by atoms with Gasteiger partial charge in [-0.25, -0.2) is 4.98 Å². The van der Waals surface area contributed by atoms with Crippen molar-refractivity contribution >= 4 is 11.8 Å². The van der Waals surface area contributed by atoms with Crippen molar-refractivity contribution in [3.8, 4) is 0 Å². The molecule has 2 amide bonds. The van der Waals surface area contributed by atoms with E-state index in [9.17, 15) is 14.7 Å². The molecule has 2 N–H and O–H groups in total. The Morgan fingerprint density at radius 3 is 2.92 bits per heavy atom. The van der Waals surface area contributed by atoms with Gasteiger partial charge < -0.3 is 19.7 Å². The van der Waals surface area contributed by atoms with E-state index in [4.69, 9.17) is 4.42 Å². The van der Waals surface area contributed by atoms with Crippen molar-refractivity contribution in [1.82, 2.24) is 20.2 Å². The number of piperidine rings is 1. The third-order valence-corrected chi connectivity index (χ3v) is 4.25. The van der Waals surface area contributed by atoms with Gasteiger partial charge in [0.05, 0.1) is 12.1 Å². The number of aliphatic hydroxyl groups excluding tert-OH is 1. The van der Waals surface area contributed by atoms with Crippen LogP contribution in [0.5, 0.6) is 0 Å². The fourth-order valence-corrected chi connectivity index (χ4v) is 2.88.